The number of hydrogen-bond donors (Lipinski definition) is 0. The fourth-order valence-corrected chi connectivity index (χ4v) is 4.28. The highest BCUT2D eigenvalue weighted by Gasteiger charge is 2.25. The summed E-state index contributed by atoms with van der Waals surface area (Å²) in [5, 5.41) is 0.416. The molecule has 2 aromatic carbocycles. The van der Waals surface area contributed by atoms with E-state index in [1.54, 1.807) is 42.0 Å². The normalized spacial score (nSPS) is 15.8. The number of nitrogens with zero attached hydrogens (tertiary/aromatic N) is 1. The quantitative estimate of drug-likeness (QED) is 0.670. The van der Waals surface area contributed by atoms with Crippen molar-refractivity contribution in [3.63, 3.8) is 0 Å². The first-order valence-corrected chi connectivity index (χ1v) is 10.3. The summed E-state index contributed by atoms with van der Waals surface area (Å²) in [6, 6.07) is 13.0. The molecule has 1 aliphatic rings. The van der Waals surface area contributed by atoms with Crippen LogP contribution in [0.15, 0.2) is 47.4 Å². The lowest BCUT2D eigenvalue weighted by atomic mass is 10.1. The Morgan fingerprint density at radius 1 is 1.14 bits per heavy atom. The maximum absolute atomic E-state index is 12.8. The van der Waals surface area contributed by atoms with E-state index < -0.39 is 5.97 Å². The van der Waals surface area contributed by atoms with E-state index >= 15 is 0 Å². The molecule has 0 saturated carbocycles. The zero-order valence-electron chi connectivity index (χ0n) is 16.8. The maximum atomic E-state index is 12.8. The zero-order chi connectivity index (χ0) is 20.8. The van der Waals surface area contributed by atoms with Gasteiger partial charge in [-0.2, -0.15) is 0 Å². The number of anilines is 1. The van der Waals surface area contributed by atoms with Crippen LogP contribution in [0.25, 0.3) is 0 Å². The van der Waals surface area contributed by atoms with Crippen molar-refractivity contribution in [1.29, 1.82) is 0 Å². The molecular weight excluding hydrogens is 390 g/mol. The molecule has 1 aliphatic heterocycles. The molecule has 0 bridgehead atoms. The van der Waals surface area contributed by atoms with Crippen molar-refractivity contribution in [2.75, 3.05) is 32.3 Å². The van der Waals surface area contributed by atoms with E-state index in [0.29, 0.717) is 28.9 Å². The summed E-state index contributed by atoms with van der Waals surface area (Å²) in [5.74, 6) is 0.482. The average molecular weight is 416 g/mol. The molecule has 1 unspecified atom stereocenters. The van der Waals surface area contributed by atoms with Gasteiger partial charge in [0.1, 0.15) is 11.5 Å². The highest BCUT2D eigenvalue weighted by atomic mass is 32.2. The number of thioether (sulfide) groups is 1. The average Bonchev–Trinajstić information content (AvgIpc) is 2.90. The molecule has 3 rings (SSSR count). The van der Waals surface area contributed by atoms with Gasteiger partial charge in [0.05, 0.1) is 26.3 Å². The maximum Gasteiger partial charge on any atom is 0.310 e. The molecule has 0 radical (unpaired) electrons. The van der Waals surface area contributed by atoms with Crippen LogP contribution in [0.3, 0.4) is 0 Å². The van der Waals surface area contributed by atoms with Crippen LogP contribution in [0.5, 0.6) is 11.5 Å². The number of amides is 1. The summed E-state index contributed by atoms with van der Waals surface area (Å²) in [6.07, 6.45) is 0.895. The summed E-state index contributed by atoms with van der Waals surface area (Å²) >= 11 is 1.76. The number of fused-ring (bicyclic) bond motifs is 1. The lowest BCUT2D eigenvalue weighted by Gasteiger charge is -2.22. The van der Waals surface area contributed by atoms with E-state index in [9.17, 15) is 9.59 Å². The Balaban J connectivity index is 1.63. The summed E-state index contributed by atoms with van der Waals surface area (Å²) in [7, 11) is 3.09. The van der Waals surface area contributed by atoms with Crippen LogP contribution in [0.4, 0.5) is 5.69 Å². The van der Waals surface area contributed by atoms with Gasteiger partial charge in [-0.05, 0) is 24.6 Å². The number of benzene rings is 2. The number of ether oxygens (including phenoxy) is 3. The second-order valence-corrected chi connectivity index (χ2v) is 8.23. The Bertz CT molecular complexity index is 885. The minimum absolute atomic E-state index is 0.0178. The van der Waals surface area contributed by atoms with Gasteiger partial charge in [0.15, 0.2) is 6.61 Å². The second-order valence-electron chi connectivity index (χ2n) is 6.75. The van der Waals surface area contributed by atoms with Crippen LogP contribution in [-0.2, 0) is 20.7 Å². The highest BCUT2D eigenvalue weighted by molar-refractivity contribution is 8.00. The molecule has 7 heteroatoms. The van der Waals surface area contributed by atoms with Crippen molar-refractivity contribution in [1.82, 2.24) is 0 Å². The minimum atomic E-state index is -0.479. The topological polar surface area (TPSA) is 65.1 Å². The van der Waals surface area contributed by atoms with Crippen LogP contribution < -0.4 is 14.4 Å². The first-order chi connectivity index (χ1) is 14.0. The Morgan fingerprint density at radius 2 is 1.93 bits per heavy atom. The van der Waals surface area contributed by atoms with E-state index in [-0.39, 0.29) is 18.9 Å². The molecule has 2 aromatic rings. The molecule has 0 spiro atoms. The third-order valence-electron chi connectivity index (χ3n) is 4.73. The molecule has 1 atom stereocenters. The molecule has 1 amide bonds. The molecule has 29 heavy (non-hydrogen) atoms. The summed E-state index contributed by atoms with van der Waals surface area (Å²) < 4.78 is 15.7. The van der Waals surface area contributed by atoms with Crippen LogP contribution in [0.2, 0.25) is 0 Å². The molecular formula is C22H25NO5S. The monoisotopic (exact) mass is 415 g/mol. The SMILES string of the molecule is COc1ccc(CC(=O)OCC(=O)N2CCC(C)Sc3ccccc32)c(OC)c1. The second kappa shape index (κ2) is 9.69. The van der Waals surface area contributed by atoms with Crippen LogP contribution >= 0.6 is 11.8 Å². The predicted octanol–water partition coefficient (Wildman–Crippen LogP) is 3.71. The van der Waals surface area contributed by atoms with Crippen LogP contribution in [-0.4, -0.2) is 44.5 Å². The third kappa shape index (κ3) is 5.23. The molecule has 1 heterocycles. The fourth-order valence-electron chi connectivity index (χ4n) is 3.17. The minimum Gasteiger partial charge on any atom is -0.497 e. The van der Waals surface area contributed by atoms with Gasteiger partial charge in [0.25, 0.3) is 5.91 Å². The van der Waals surface area contributed by atoms with Gasteiger partial charge in [0.2, 0.25) is 0 Å². The predicted molar refractivity (Wildman–Crippen MR) is 113 cm³/mol. The van der Waals surface area contributed by atoms with Crippen LogP contribution in [0, 0.1) is 0 Å². The third-order valence-corrected chi connectivity index (χ3v) is 5.97. The number of methoxy groups -OCH3 is 2. The standard InChI is InChI=1S/C22H25NO5S/c1-15-10-11-23(18-6-4-5-7-20(18)29-15)21(24)14-28-22(25)12-16-8-9-17(26-2)13-19(16)27-3/h4-9,13,15H,10-12,14H2,1-3H3. The number of para-hydroxylation sites is 1. The van der Waals surface area contributed by atoms with Gasteiger partial charge in [-0.1, -0.05) is 25.1 Å². The van der Waals surface area contributed by atoms with Crippen LogP contribution in [0.1, 0.15) is 18.9 Å². The Kier molecular flexibility index (Phi) is 7.04. The van der Waals surface area contributed by atoms with Gasteiger partial charge < -0.3 is 19.1 Å². The van der Waals surface area contributed by atoms with E-state index in [0.717, 1.165) is 17.0 Å². The Hall–Kier alpha value is -2.67. The number of carbonyl (C=O) groups excluding carboxylic acids is 2. The van der Waals surface area contributed by atoms with Gasteiger partial charge in [-0.3, -0.25) is 9.59 Å². The number of carbonyl (C=O) groups is 2. The Morgan fingerprint density at radius 3 is 2.69 bits per heavy atom. The summed E-state index contributed by atoms with van der Waals surface area (Å²) in [6.45, 7) is 2.47. The molecule has 0 N–H and O–H groups in total. The lowest BCUT2D eigenvalue weighted by Crippen LogP contribution is -2.36. The Labute approximate surface area is 175 Å². The molecule has 6 nitrogen and oxygen atoms in total. The smallest absolute Gasteiger partial charge is 0.310 e. The van der Waals surface area contributed by atoms with Crippen molar-refractivity contribution in [3.05, 3.63) is 48.0 Å². The van der Waals surface area contributed by atoms with Crippen molar-refractivity contribution in [2.24, 2.45) is 0 Å². The zero-order valence-corrected chi connectivity index (χ0v) is 17.7. The van der Waals surface area contributed by atoms with E-state index in [1.807, 2.05) is 24.3 Å². The number of esters is 1. The first kappa shape index (κ1) is 21.0. The van der Waals surface area contributed by atoms with E-state index in [4.69, 9.17) is 14.2 Å². The lowest BCUT2D eigenvalue weighted by molar-refractivity contribution is -0.147. The van der Waals surface area contributed by atoms with Gasteiger partial charge in [-0.25, -0.2) is 0 Å². The van der Waals surface area contributed by atoms with E-state index in [1.165, 1.54) is 7.11 Å². The van der Waals surface area contributed by atoms with Gasteiger partial charge >= 0.3 is 5.97 Å². The van der Waals surface area contributed by atoms with Gasteiger partial charge in [0, 0.05) is 28.3 Å². The number of rotatable bonds is 6. The molecule has 154 valence electrons. The largest absolute Gasteiger partial charge is 0.497 e. The summed E-state index contributed by atoms with van der Waals surface area (Å²) in [5.41, 5.74) is 1.55. The molecule has 0 aromatic heterocycles. The number of hydrogen-bond acceptors (Lipinski definition) is 6. The van der Waals surface area contributed by atoms with E-state index in [2.05, 4.69) is 6.92 Å². The van der Waals surface area contributed by atoms with Crippen molar-refractivity contribution < 1.29 is 23.8 Å². The van der Waals surface area contributed by atoms with Crippen molar-refractivity contribution in [2.45, 2.75) is 29.9 Å². The van der Waals surface area contributed by atoms with Gasteiger partial charge in [-0.15, -0.1) is 11.8 Å². The highest BCUT2D eigenvalue weighted by Crippen LogP contribution is 2.37. The molecule has 0 fully saturated rings. The fraction of sp³-hybridized carbons (Fsp3) is 0.364. The first-order valence-electron chi connectivity index (χ1n) is 9.44. The van der Waals surface area contributed by atoms with Crippen molar-refractivity contribution >= 4 is 29.3 Å². The molecule has 0 saturated heterocycles. The summed E-state index contributed by atoms with van der Waals surface area (Å²) in [4.78, 5) is 27.9. The molecule has 0 aliphatic carbocycles. The van der Waals surface area contributed by atoms with Crippen molar-refractivity contribution in [3.8, 4) is 11.5 Å².